The van der Waals surface area contributed by atoms with E-state index >= 15 is 0 Å². The molecule has 246 valence electrons. The lowest BCUT2D eigenvalue weighted by Crippen LogP contribution is -2.66. The van der Waals surface area contributed by atoms with Crippen molar-refractivity contribution >= 4 is 0 Å². The molecule has 17 heteroatoms. The molecule has 4 aliphatic rings. The van der Waals surface area contributed by atoms with Gasteiger partial charge in [0.1, 0.15) is 73.2 Å². The van der Waals surface area contributed by atoms with Crippen LogP contribution >= 0.6 is 0 Å². The molecule has 4 aliphatic heterocycles. The van der Waals surface area contributed by atoms with Crippen LogP contribution in [0.15, 0.2) is 0 Å². The highest BCUT2D eigenvalue weighted by Crippen LogP contribution is 2.34. The standard InChI is InChI=1S/C25H44O17/c1-6-10(26)13(29)16(32)22(36-6)41-20-15(31)12(28)8(3)38-25(20)40-19-9(4)39-24(35-5)21(18(19)34)42-23-17(33)14(30)11(27)7(2)37-23/h6-34H,1-5H3. The maximum Gasteiger partial charge on any atom is 0.187 e. The third-order valence-electron chi connectivity index (χ3n) is 8.26. The van der Waals surface area contributed by atoms with E-state index in [2.05, 4.69) is 0 Å². The first-order chi connectivity index (χ1) is 19.7. The Bertz CT molecular complexity index is 869. The van der Waals surface area contributed by atoms with Crippen LogP contribution in [0.1, 0.15) is 27.7 Å². The first kappa shape index (κ1) is 34.2. The monoisotopic (exact) mass is 616 g/mol. The van der Waals surface area contributed by atoms with Gasteiger partial charge in [0.2, 0.25) is 0 Å². The minimum absolute atomic E-state index is 0.898. The average molecular weight is 617 g/mol. The van der Waals surface area contributed by atoms with Crippen molar-refractivity contribution in [1.82, 2.24) is 0 Å². The molecule has 42 heavy (non-hydrogen) atoms. The summed E-state index contributed by atoms with van der Waals surface area (Å²) in [5, 5.41) is 93.9. The molecule has 0 aromatic rings. The van der Waals surface area contributed by atoms with Crippen LogP contribution < -0.4 is 0 Å². The Balaban J connectivity index is 1.53. The molecule has 0 radical (unpaired) electrons. The minimum atomic E-state index is -1.73. The normalized spacial score (nSPS) is 55.9. The molecule has 17 nitrogen and oxygen atoms in total. The van der Waals surface area contributed by atoms with Crippen LogP contribution in [0.25, 0.3) is 0 Å². The van der Waals surface area contributed by atoms with Crippen molar-refractivity contribution in [2.45, 2.75) is 151 Å². The summed E-state index contributed by atoms with van der Waals surface area (Å²) in [5.74, 6) is 0. The van der Waals surface area contributed by atoms with Crippen molar-refractivity contribution < 1.29 is 83.9 Å². The van der Waals surface area contributed by atoms with E-state index in [0.29, 0.717) is 0 Å². The number of hydrogen-bond donors (Lipinski definition) is 9. The summed E-state index contributed by atoms with van der Waals surface area (Å²) in [6, 6.07) is 0. The van der Waals surface area contributed by atoms with Gasteiger partial charge in [0.25, 0.3) is 0 Å². The molecule has 4 saturated heterocycles. The molecule has 0 aromatic carbocycles. The first-order valence-electron chi connectivity index (χ1n) is 13.9. The number of ether oxygens (including phenoxy) is 8. The Kier molecular flexibility index (Phi) is 11.2. The molecule has 0 aromatic heterocycles. The van der Waals surface area contributed by atoms with Crippen LogP contribution in [-0.2, 0) is 37.9 Å². The minimum Gasteiger partial charge on any atom is -0.388 e. The summed E-state index contributed by atoms with van der Waals surface area (Å²) in [6.45, 7) is 5.90. The van der Waals surface area contributed by atoms with Crippen LogP contribution in [0.4, 0.5) is 0 Å². The Morgan fingerprint density at radius 3 is 1.17 bits per heavy atom. The van der Waals surface area contributed by atoms with Gasteiger partial charge in [-0.3, -0.25) is 0 Å². The van der Waals surface area contributed by atoms with E-state index in [0.717, 1.165) is 0 Å². The van der Waals surface area contributed by atoms with E-state index in [1.165, 1.54) is 27.9 Å². The van der Waals surface area contributed by atoms with Crippen molar-refractivity contribution in [2.24, 2.45) is 0 Å². The fraction of sp³-hybridized carbons (Fsp3) is 1.00. The fourth-order valence-electron chi connectivity index (χ4n) is 5.49. The van der Waals surface area contributed by atoms with Gasteiger partial charge in [-0.15, -0.1) is 0 Å². The molecule has 0 saturated carbocycles. The predicted octanol–water partition coefficient (Wildman–Crippen LogP) is -4.98. The van der Waals surface area contributed by atoms with Crippen LogP contribution in [0, 0.1) is 0 Å². The van der Waals surface area contributed by atoms with Gasteiger partial charge in [-0.25, -0.2) is 0 Å². The zero-order chi connectivity index (χ0) is 31.2. The molecular formula is C25H44O17. The van der Waals surface area contributed by atoms with Gasteiger partial charge >= 0.3 is 0 Å². The molecule has 4 rings (SSSR count). The fourth-order valence-corrected chi connectivity index (χ4v) is 5.49. The van der Waals surface area contributed by atoms with Gasteiger partial charge in [-0.2, -0.15) is 0 Å². The Hall–Kier alpha value is -0.680. The average Bonchev–Trinajstić information content (AvgIpc) is 2.95. The molecule has 4 fully saturated rings. The second kappa shape index (κ2) is 13.8. The van der Waals surface area contributed by atoms with Crippen molar-refractivity contribution in [1.29, 1.82) is 0 Å². The summed E-state index contributed by atoms with van der Waals surface area (Å²) in [4.78, 5) is 0. The topological polar surface area (TPSA) is 256 Å². The van der Waals surface area contributed by atoms with Gasteiger partial charge in [0.15, 0.2) is 25.2 Å². The third kappa shape index (κ3) is 6.63. The van der Waals surface area contributed by atoms with E-state index in [9.17, 15) is 46.0 Å². The SMILES string of the molecule is COC1OC(C)C(OC2OC(C)C(O)C(O)C2OC2OC(C)C(O)C(O)C2O)C(O)C1OC1OC(C)C(O)C(O)C1O. The van der Waals surface area contributed by atoms with Crippen molar-refractivity contribution in [2.75, 3.05) is 7.11 Å². The molecule has 0 aliphatic carbocycles. The largest absolute Gasteiger partial charge is 0.388 e. The second-order valence-electron chi connectivity index (χ2n) is 11.3. The Morgan fingerprint density at radius 1 is 0.357 bits per heavy atom. The number of aliphatic hydroxyl groups excluding tert-OH is 9. The van der Waals surface area contributed by atoms with Crippen LogP contribution in [0.5, 0.6) is 0 Å². The maximum atomic E-state index is 11.4. The maximum absolute atomic E-state index is 11.4. The van der Waals surface area contributed by atoms with Gasteiger partial charge in [-0.1, -0.05) is 0 Å². The number of rotatable bonds is 7. The highest BCUT2D eigenvalue weighted by atomic mass is 16.8. The molecule has 20 atom stereocenters. The summed E-state index contributed by atoms with van der Waals surface area (Å²) < 4.78 is 45.4. The lowest BCUT2D eigenvalue weighted by Gasteiger charge is -2.49. The highest BCUT2D eigenvalue weighted by molar-refractivity contribution is 4.96. The highest BCUT2D eigenvalue weighted by Gasteiger charge is 2.54. The molecular weight excluding hydrogens is 572 g/mol. The summed E-state index contributed by atoms with van der Waals surface area (Å²) in [6.07, 6.45) is -27.9. The van der Waals surface area contributed by atoms with Gasteiger partial charge in [0, 0.05) is 7.11 Å². The third-order valence-corrected chi connectivity index (χ3v) is 8.26. The summed E-state index contributed by atoms with van der Waals surface area (Å²) in [7, 11) is 1.29. The van der Waals surface area contributed by atoms with E-state index in [4.69, 9.17) is 37.9 Å². The van der Waals surface area contributed by atoms with Crippen molar-refractivity contribution in [3.63, 3.8) is 0 Å². The van der Waals surface area contributed by atoms with E-state index in [-0.39, 0.29) is 0 Å². The zero-order valence-electron chi connectivity index (χ0n) is 23.8. The van der Waals surface area contributed by atoms with E-state index in [1.54, 1.807) is 6.92 Å². The number of hydrogen-bond acceptors (Lipinski definition) is 17. The van der Waals surface area contributed by atoms with Crippen molar-refractivity contribution in [3.8, 4) is 0 Å². The van der Waals surface area contributed by atoms with E-state index in [1.807, 2.05) is 0 Å². The van der Waals surface area contributed by atoms with E-state index < -0.39 is 123 Å². The molecule has 9 N–H and O–H groups in total. The second-order valence-corrected chi connectivity index (χ2v) is 11.3. The lowest BCUT2D eigenvalue weighted by atomic mass is 9.96. The molecule has 4 heterocycles. The first-order valence-corrected chi connectivity index (χ1v) is 13.9. The zero-order valence-corrected chi connectivity index (χ0v) is 23.8. The van der Waals surface area contributed by atoms with Crippen LogP contribution in [-0.4, -0.2) is 176 Å². The lowest BCUT2D eigenvalue weighted by molar-refractivity contribution is -0.393. The van der Waals surface area contributed by atoms with Gasteiger partial charge < -0.3 is 83.9 Å². The predicted molar refractivity (Wildman–Crippen MR) is 133 cm³/mol. The molecule has 0 spiro atoms. The molecule has 0 amide bonds. The van der Waals surface area contributed by atoms with Crippen LogP contribution in [0.3, 0.4) is 0 Å². The number of methoxy groups -OCH3 is 1. The quantitative estimate of drug-likeness (QED) is 0.130. The summed E-state index contributed by atoms with van der Waals surface area (Å²) >= 11 is 0. The van der Waals surface area contributed by atoms with Gasteiger partial charge in [0.05, 0.1) is 24.4 Å². The Labute approximate surface area is 242 Å². The van der Waals surface area contributed by atoms with Gasteiger partial charge in [-0.05, 0) is 27.7 Å². The van der Waals surface area contributed by atoms with Crippen LogP contribution in [0.2, 0.25) is 0 Å². The smallest absolute Gasteiger partial charge is 0.187 e. The molecule has 0 bridgehead atoms. The molecule has 20 unspecified atom stereocenters. The Morgan fingerprint density at radius 2 is 0.714 bits per heavy atom. The summed E-state index contributed by atoms with van der Waals surface area (Å²) in [5.41, 5.74) is 0. The number of aliphatic hydroxyl groups is 9. The van der Waals surface area contributed by atoms with Crippen molar-refractivity contribution in [3.05, 3.63) is 0 Å².